The number of benzene rings is 2. The van der Waals surface area contributed by atoms with Crippen LogP contribution in [0.5, 0.6) is 5.75 Å². The number of phenols is 1. The van der Waals surface area contributed by atoms with Gasteiger partial charge in [0.1, 0.15) is 5.75 Å². The van der Waals surface area contributed by atoms with Gasteiger partial charge in [0.2, 0.25) is 5.78 Å². The number of rotatable bonds is 3. The summed E-state index contributed by atoms with van der Waals surface area (Å²) in [6.45, 7) is 1.89. The number of fused-ring (bicyclic) bond motifs is 2. The van der Waals surface area contributed by atoms with Crippen LogP contribution in [0.15, 0.2) is 12.1 Å². The summed E-state index contributed by atoms with van der Waals surface area (Å²) in [5.74, 6) is -11.2. The lowest BCUT2D eigenvalue weighted by Gasteiger charge is -2.22. The van der Waals surface area contributed by atoms with Gasteiger partial charge in [0, 0.05) is 5.56 Å². The highest BCUT2D eigenvalue weighted by atomic mass is 19.2. The van der Waals surface area contributed by atoms with E-state index in [0.717, 1.165) is 12.5 Å². The lowest BCUT2D eigenvalue weighted by molar-refractivity contribution is 0.0966. The molecular formula is C18H12F4O3. The first-order valence-electron chi connectivity index (χ1n) is 7.61. The van der Waals surface area contributed by atoms with E-state index in [-0.39, 0.29) is 5.56 Å². The van der Waals surface area contributed by atoms with E-state index in [9.17, 15) is 32.3 Å². The van der Waals surface area contributed by atoms with Crippen LogP contribution in [0.3, 0.4) is 0 Å². The molecule has 25 heavy (non-hydrogen) atoms. The minimum absolute atomic E-state index is 0.296. The molecule has 2 aromatic rings. The average molecular weight is 352 g/mol. The molecule has 0 amide bonds. The second-order valence-corrected chi connectivity index (χ2v) is 5.76. The molecule has 1 N–H and O–H groups in total. The SMILES string of the molecule is CCCCc1ccc(O)c2c1C(=O)c1c(F)c(F)c(F)c(F)c1C2=O. The fourth-order valence-corrected chi connectivity index (χ4v) is 3.01. The van der Waals surface area contributed by atoms with E-state index in [1.165, 1.54) is 6.07 Å². The van der Waals surface area contributed by atoms with Crippen molar-refractivity contribution in [2.75, 3.05) is 0 Å². The molecule has 0 aliphatic heterocycles. The third-order valence-corrected chi connectivity index (χ3v) is 4.24. The molecule has 0 fully saturated rings. The minimum Gasteiger partial charge on any atom is -0.507 e. The lowest BCUT2D eigenvalue weighted by atomic mass is 9.79. The number of halogens is 4. The van der Waals surface area contributed by atoms with Gasteiger partial charge in [-0.15, -0.1) is 0 Å². The summed E-state index contributed by atoms with van der Waals surface area (Å²) in [6.07, 6.45) is 1.75. The molecule has 2 aromatic carbocycles. The van der Waals surface area contributed by atoms with Gasteiger partial charge in [-0.05, 0) is 24.5 Å². The lowest BCUT2D eigenvalue weighted by Crippen LogP contribution is -2.27. The molecular weight excluding hydrogens is 340 g/mol. The van der Waals surface area contributed by atoms with Crippen molar-refractivity contribution in [1.29, 1.82) is 0 Å². The van der Waals surface area contributed by atoms with Crippen LogP contribution in [0.4, 0.5) is 17.6 Å². The van der Waals surface area contributed by atoms with Crippen LogP contribution in [0.2, 0.25) is 0 Å². The Kier molecular flexibility index (Phi) is 4.10. The smallest absolute Gasteiger partial charge is 0.201 e. The van der Waals surface area contributed by atoms with Crippen LogP contribution < -0.4 is 0 Å². The molecule has 0 unspecified atom stereocenters. The fourth-order valence-electron chi connectivity index (χ4n) is 3.01. The number of aromatic hydroxyl groups is 1. The second-order valence-electron chi connectivity index (χ2n) is 5.76. The molecule has 0 heterocycles. The van der Waals surface area contributed by atoms with Crippen LogP contribution in [-0.2, 0) is 6.42 Å². The molecule has 0 saturated carbocycles. The Morgan fingerprint density at radius 1 is 0.800 bits per heavy atom. The summed E-state index contributed by atoms with van der Waals surface area (Å²) in [5, 5.41) is 9.95. The molecule has 0 aromatic heterocycles. The zero-order valence-electron chi connectivity index (χ0n) is 13.1. The number of hydrogen-bond acceptors (Lipinski definition) is 3. The van der Waals surface area contributed by atoms with E-state index in [0.29, 0.717) is 18.4 Å². The van der Waals surface area contributed by atoms with Crippen molar-refractivity contribution in [2.24, 2.45) is 0 Å². The summed E-state index contributed by atoms with van der Waals surface area (Å²) in [4.78, 5) is 25.2. The number of aryl methyl sites for hydroxylation is 1. The van der Waals surface area contributed by atoms with Gasteiger partial charge in [-0.3, -0.25) is 9.59 Å². The minimum atomic E-state index is -2.18. The van der Waals surface area contributed by atoms with Crippen molar-refractivity contribution in [3.05, 3.63) is 63.2 Å². The number of carbonyl (C=O) groups excluding carboxylic acids is 2. The predicted octanol–water partition coefficient (Wildman–Crippen LogP) is 4.07. The Morgan fingerprint density at radius 3 is 1.84 bits per heavy atom. The quantitative estimate of drug-likeness (QED) is 0.439. The first-order valence-corrected chi connectivity index (χ1v) is 7.61. The van der Waals surface area contributed by atoms with Crippen molar-refractivity contribution in [3.63, 3.8) is 0 Å². The molecule has 7 heteroatoms. The molecule has 0 radical (unpaired) electrons. The van der Waals surface area contributed by atoms with Gasteiger partial charge < -0.3 is 5.11 Å². The Balaban J connectivity index is 2.36. The summed E-state index contributed by atoms with van der Waals surface area (Å²) >= 11 is 0. The van der Waals surface area contributed by atoms with E-state index in [2.05, 4.69) is 0 Å². The van der Waals surface area contributed by atoms with Crippen molar-refractivity contribution < 1.29 is 32.3 Å². The maximum atomic E-state index is 14.1. The molecule has 3 rings (SSSR count). The van der Waals surface area contributed by atoms with Gasteiger partial charge in [0.25, 0.3) is 0 Å². The van der Waals surface area contributed by atoms with Gasteiger partial charge in [-0.25, -0.2) is 17.6 Å². The van der Waals surface area contributed by atoms with Crippen molar-refractivity contribution >= 4 is 11.6 Å². The molecule has 1 aliphatic carbocycles. The van der Waals surface area contributed by atoms with E-state index < -0.39 is 57.3 Å². The molecule has 0 spiro atoms. The highest BCUT2D eigenvalue weighted by Crippen LogP contribution is 2.38. The second kappa shape index (κ2) is 5.98. The largest absolute Gasteiger partial charge is 0.507 e. The van der Waals surface area contributed by atoms with Crippen LogP contribution in [-0.4, -0.2) is 16.7 Å². The van der Waals surface area contributed by atoms with Gasteiger partial charge in [0.05, 0.1) is 16.7 Å². The zero-order chi connectivity index (χ0) is 18.5. The van der Waals surface area contributed by atoms with Gasteiger partial charge in [-0.2, -0.15) is 0 Å². The predicted molar refractivity (Wildman–Crippen MR) is 79.9 cm³/mol. The van der Waals surface area contributed by atoms with Crippen LogP contribution >= 0.6 is 0 Å². The summed E-state index contributed by atoms with van der Waals surface area (Å²) in [7, 11) is 0. The Labute approximate surface area is 139 Å². The van der Waals surface area contributed by atoms with Crippen molar-refractivity contribution in [3.8, 4) is 5.75 Å². The third-order valence-electron chi connectivity index (χ3n) is 4.24. The summed E-state index contributed by atoms with van der Waals surface area (Å²) in [6, 6.07) is 2.56. The summed E-state index contributed by atoms with van der Waals surface area (Å²) < 4.78 is 55.2. The normalized spacial score (nSPS) is 13.0. The van der Waals surface area contributed by atoms with E-state index in [4.69, 9.17) is 0 Å². The zero-order valence-corrected chi connectivity index (χ0v) is 13.1. The van der Waals surface area contributed by atoms with Gasteiger partial charge >= 0.3 is 0 Å². The number of phenolic OH excluding ortho intramolecular Hbond substituents is 1. The highest BCUT2D eigenvalue weighted by molar-refractivity contribution is 6.30. The highest BCUT2D eigenvalue weighted by Gasteiger charge is 2.41. The van der Waals surface area contributed by atoms with E-state index >= 15 is 0 Å². The first-order chi connectivity index (χ1) is 11.8. The number of ketones is 2. The van der Waals surface area contributed by atoms with E-state index in [1.54, 1.807) is 0 Å². The Morgan fingerprint density at radius 2 is 1.32 bits per heavy atom. The molecule has 0 bridgehead atoms. The molecule has 0 atom stereocenters. The third kappa shape index (κ3) is 2.33. The van der Waals surface area contributed by atoms with Crippen molar-refractivity contribution in [1.82, 2.24) is 0 Å². The summed E-state index contributed by atoms with van der Waals surface area (Å²) in [5.41, 5.74) is -2.80. The Bertz CT molecular complexity index is 935. The Hall–Kier alpha value is -2.70. The van der Waals surface area contributed by atoms with Crippen LogP contribution in [0.1, 0.15) is 57.2 Å². The maximum Gasteiger partial charge on any atom is 0.201 e. The number of hydrogen-bond donors (Lipinski definition) is 1. The molecule has 1 aliphatic rings. The van der Waals surface area contributed by atoms with E-state index in [1.807, 2.05) is 6.92 Å². The molecule has 0 saturated heterocycles. The van der Waals surface area contributed by atoms with Crippen LogP contribution in [0.25, 0.3) is 0 Å². The average Bonchev–Trinajstić information content (AvgIpc) is 2.59. The standard InChI is InChI=1S/C18H12F4O3/c1-2-3-4-7-5-6-8(23)10-9(7)17(24)11-12(18(10)25)14(20)16(22)15(21)13(11)19/h5-6,23H,2-4H2,1H3. The fraction of sp³-hybridized carbons (Fsp3) is 0.222. The van der Waals surface area contributed by atoms with Gasteiger partial charge in [0.15, 0.2) is 29.1 Å². The van der Waals surface area contributed by atoms with Crippen LogP contribution in [0, 0.1) is 23.3 Å². The van der Waals surface area contributed by atoms with Crippen molar-refractivity contribution in [2.45, 2.75) is 26.2 Å². The topological polar surface area (TPSA) is 54.4 Å². The first kappa shape index (κ1) is 17.1. The maximum absolute atomic E-state index is 14.1. The number of carbonyl (C=O) groups is 2. The molecule has 3 nitrogen and oxygen atoms in total. The molecule has 130 valence electrons. The van der Waals surface area contributed by atoms with Gasteiger partial charge in [-0.1, -0.05) is 19.4 Å². The number of unbranched alkanes of at least 4 members (excludes halogenated alkanes) is 1. The monoisotopic (exact) mass is 352 g/mol.